The standard InChI is InChI=1S/C31H42N2O3/c1-22-7-6-16-33(20-22)21-27-10-13-28(17-23(27)2)32(4)31(35)26-11-14-29(15-12-26)36-30-9-5-8-25(19-30)18-24(3)34/h5,8-10,13,17,19,22,26,29H,6-7,11-12,14-16,18,20-21H2,1-4H3/t22-,26?,29?/m1/s1. The molecule has 5 heteroatoms. The molecule has 2 aromatic rings. The van der Waals surface area contributed by atoms with Crippen LogP contribution in [0.2, 0.25) is 0 Å². The van der Waals surface area contributed by atoms with Gasteiger partial charge in [-0.05, 0) is 106 Å². The van der Waals surface area contributed by atoms with Crippen molar-refractivity contribution in [1.82, 2.24) is 4.90 Å². The number of benzene rings is 2. The molecule has 0 unspecified atom stereocenters. The van der Waals surface area contributed by atoms with Crippen LogP contribution < -0.4 is 9.64 Å². The van der Waals surface area contributed by atoms with Gasteiger partial charge in [0.25, 0.3) is 0 Å². The van der Waals surface area contributed by atoms with Crippen molar-refractivity contribution in [3.63, 3.8) is 0 Å². The molecule has 0 bridgehead atoms. The maximum absolute atomic E-state index is 13.3. The Hall–Kier alpha value is -2.66. The van der Waals surface area contributed by atoms with Crippen molar-refractivity contribution < 1.29 is 14.3 Å². The number of aryl methyl sites for hydroxylation is 1. The first kappa shape index (κ1) is 26.4. The minimum atomic E-state index is 0.0358. The topological polar surface area (TPSA) is 49.9 Å². The highest BCUT2D eigenvalue weighted by Gasteiger charge is 2.30. The molecule has 194 valence electrons. The fraction of sp³-hybridized carbons (Fsp3) is 0.548. The number of piperidine rings is 1. The van der Waals surface area contributed by atoms with Gasteiger partial charge in [0.2, 0.25) is 5.91 Å². The van der Waals surface area contributed by atoms with Crippen LogP contribution >= 0.6 is 0 Å². The number of rotatable bonds is 8. The summed E-state index contributed by atoms with van der Waals surface area (Å²) in [6.45, 7) is 9.47. The molecule has 2 aromatic carbocycles. The largest absolute Gasteiger partial charge is 0.490 e. The number of Topliss-reactive ketones (excluding diaryl/α,β-unsaturated/α-hetero) is 1. The van der Waals surface area contributed by atoms with Gasteiger partial charge in [0.05, 0.1) is 6.10 Å². The van der Waals surface area contributed by atoms with Crippen LogP contribution in [-0.2, 0) is 22.6 Å². The van der Waals surface area contributed by atoms with Crippen molar-refractivity contribution in [2.75, 3.05) is 25.0 Å². The molecule has 0 aromatic heterocycles. The number of ketones is 1. The summed E-state index contributed by atoms with van der Waals surface area (Å²) in [5.41, 5.74) is 4.58. The predicted octanol–water partition coefficient (Wildman–Crippen LogP) is 5.96. The molecule has 1 heterocycles. The fourth-order valence-electron chi connectivity index (χ4n) is 5.77. The summed E-state index contributed by atoms with van der Waals surface area (Å²) >= 11 is 0. The Bertz CT molecular complexity index is 1060. The van der Waals surface area contributed by atoms with Gasteiger partial charge in [-0.15, -0.1) is 0 Å². The molecule has 4 rings (SSSR count). The van der Waals surface area contributed by atoms with Crippen molar-refractivity contribution in [1.29, 1.82) is 0 Å². The van der Waals surface area contributed by atoms with Crippen LogP contribution in [0.1, 0.15) is 69.1 Å². The Kier molecular flexibility index (Phi) is 8.84. The van der Waals surface area contributed by atoms with E-state index in [-0.39, 0.29) is 23.7 Å². The number of amides is 1. The molecule has 0 N–H and O–H groups in total. The molecule has 1 aliphatic carbocycles. The molecule has 1 saturated heterocycles. The first-order valence-corrected chi connectivity index (χ1v) is 13.6. The van der Waals surface area contributed by atoms with E-state index in [0.29, 0.717) is 6.42 Å². The molecule has 1 aliphatic heterocycles. The summed E-state index contributed by atoms with van der Waals surface area (Å²) in [6, 6.07) is 14.3. The summed E-state index contributed by atoms with van der Waals surface area (Å²) in [5.74, 6) is 1.98. The maximum Gasteiger partial charge on any atom is 0.229 e. The lowest BCUT2D eigenvalue weighted by atomic mass is 9.86. The number of carbonyl (C=O) groups excluding carboxylic acids is 2. The molecule has 5 nitrogen and oxygen atoms in total. The number of likely N-dealkylation sites (tertiary alicyclic amines) is 1. The second-order valence-electron chi connectivity index (χ2n) is 11.1. The zero-order valence-corrected chi connectivity index (χ0v) is 22.5. The summed E-state index contributed by atoms with van der Waals surface area (Å²) < 4.78 is 6.21. The number of anilines is 1. The molecule has 1 amide bonds. The lowest BCUT2D eigenvalue weighted by Gasteiger charge is -2.32. The highest BCUT2D eigenvalue weighted by molar-refractivity contribution is 5.94. The fourth-order valence-corrected chi connectivity index (χ4v) is 5.77. The molecule has 1 saturated carbocycles. The molecule has 0 radical (unpaired) electrons. The Balaban J connectivity index is 1.29. The quantitative estimate of drug-likeness (QED) is 0.458. The Morgan fingerprint density at radius 1 is 1.06 bits per heavy atom. The van der Waals surface area contributed by atoms with Crippen LogP contribution in [0.25, 0.3) is 0 Å². The van der Waals surface area contributed by atoms with Gasteiger partial charge < -0.3 is 9.64 Å². The molecular weight excluding hydrogens is 448 g/mol. The van der Waals surface area contributed by atoms with Gasteiger partial charge in [-0.2, -0.15) is 0 Å². The molecule has 0 spiro atoms. The summed E-state index contributed by atoms with van der Waals surface area (Å²) in [6.07, 6.45) is 6.59. The average Bonchev–Trinajstić information content (AvgIpc) is 2.85. The number of ether oxygens (including phenoxy) is 1. The SMILES string of the molecule is CC(=O)Cc1cccc(OC2CCC(C(=O)N(C)c3ccc(CN4CCC[C@@H](C)C4)c(C)c3)CC2)c1. The first-order valence-electron chi connectivity index (χ1n) is 13.6. The summed E-state index contributed by atoms with van der Waals surface area (Å²) in [4.78, 5) is 29.1. The summed E-state index contributed by atoms with van der Waals surface area (Å²) in [7, 11) is 1.91. The van der Waals surface area contributed by atoms with Gasteiger partial charge in [0, 0.05) is 38.2 Å². The Labute approximate surface area is 216 Å². The third kappa shape index (κ3) is 6.97. The second kappa shape index (κ2) is 12.1. The lowest BCUT2D eigenvalue weighted by Crippen LogP contribution is -2.37. The summed E-state index contributed by atoms with van der Waals surface area (Å²) in [5, 5.41) is 0. The molecule has 2 fully saturated rings. The monoisotopic (exact) mass is 490 g/mol. The second-order valence-corrected chi connectivity index (χ2v) is 11.1. The zero-order valence-electron chi connectivity index (χ0n) is 22.5. The molecule has 36 heavy (non-hydrogen) atoms. The number of nitrogens with zero attached hydrogens (tertiary/aromatic N) is 2. The molecule has 1 atom stereocenters. The normalized spacial score (nSPS) is 22.7. The van der Waals surface area contributed by atoms with Crippen molar-refractivity contribution >= 4 is 17.4 Å². The van der Waals surface area contributed by atoms with Gasteiger partial charge in [-0.1, -0.05) is 25.1 Å². The van der Waals surface area contributed by atoms with Crippen molar-refractivity contribution in [3.8, 4) is 5.75 Å². The highest BCUT2D eigenvalue weighted by Crippen LogP contribution is 2.31. The van der Waals surface area contributed by atoms with E-state index in [9.17, 15) is 9.59 Å². The van der Waals surface area contributed by atoms with Crippen LogP contribution in [0.5, 0.6) is 5.75 Å². The van der Waals surface area contributed by atoms with Gasteiger partial charge in [0.1, 0.15) is 11.5 Å². The smallest absolute Gasteiger partial charge is 0.229 e. The Morgan fingerprint density at radius 2 is 1.83 bits per heavy atom. The van der Waals surface area contributed by atoms with E-state index in [1.165, 1.54) is 37.1 Å². The Morgan fingerprint density at radius 3 is 2.53 bits per heavy atom. The van der Waals surface area contributed by atoms with Gasteiger partial charge >= 0.3 is 0 Å². The van der Waals surface area contributed by atoms with E-state index >= 15 is 0 Å². The van der Waals surface area contributed by atoms with Gasteiger partial charge in [-0.25, -0.2) is 0 Å². The van der Waals surface area contributed by atoms with Crippen LogP contribution in [0.15, 0.2) is 42.5 Å². The van der Waals surface area contributed by atoms with Crippen LogP contribution in [0.3, 0.4) is 0 Å². The molecular formula is C31H42N2O3. The van der Waals surface area contributed by atoms with E-state index in [1.54, 1.807) is 6.92 Å². The third-order valence-corrected chi connectivity index (χ3v) is 7.86. The number of carbonyl (C=O) groups is 2. The third-order valence-electron chi connectivity index (χ3n) is 7.86. The molecule has 2 aliphatic rings. The zero-order chi connectivity index (χ0) is 25.7. The van der Waals surface area contributed by atoms with E-state index in [1.807, 2.05) is 36.2 Å². The lowest BCUT2D eigenvalue weighted by molar-refractivity contribution is -0.123. The van der Waals surface area contributed by atoms with Crippen LogP contribution in [-0.4, -0.2) is 42.8 Å². The predicted molar refractivity (Wildman–Crippen MR) is 145 cm³/mol. The number of hydrogen-bond acceptors (Lipinski definition) is 4. The van der Waals surface area contributed by atoms with E-state index in [4.69, 9.17) is 4.74 Å². The van der Waals surface area contributed by atoms with Crippen molar-refractivity contribution in [2.24, 2.45) is 11.8 Å². The van der Waals surface area contributed by atoms with E-state index in [2.05, 4.69) is 36.9 Å². The average molecular weight is 491 g/mol. The van der Waals surface area contributed by atoms with E-state index in [0.717, 1.165) is 55.1 Å². The maximum atomic E-state index is 13.3. The first-order chi connectivity index (χ1) is 17.3. The van der Waals surface area contributed by atoms with Crippen molar-refractivity contribution in [2.45, 2.75) is 78.4 Å². The van der Waals surface area contributed by atoms with Gasteiger partial charge in [-0.3, -0.25) is 14.5 Å². The van der Waals surface area contributed by atoms with Crippen LogP contribution in [0, 0.1) is 18.8 Å². The van der Waals surface area contributed by atoms with Crippen molar-refractivity contribution in [3.05, 3.63) is 59.2 Å². The minimum Gasteiger partial charge on any atom is -0.490 e. The minimum absolute atomic E-state index is 0.0358. The van der Waals surface area contributed by atoms with E-state index < -0.39 is 0 Å². The number of hydrogen-bond donors (Lipinski definition) is 0. The van der Waals surface area contributed by atoms with Gasteiger partial charge in [0.15, 0.2) is 0 Å². The van der Waals surface area contributed by atoms with Crippen LogP contribution in [0.4, 0.5) is 5.69 Å². The highest BCUT2D eigenvalue weighted by atomic mass is 16.5.